The lowest BCUT2D eigenvalue weighted by Crippen LogP contribution is -2.02. The van der Waals surface area contributed by atoms with Crippen molar-refractivity contribution in [1.82, 2.24) is 19.7 Å². The van der Waals surface area contributed by atoms with Gasteiger partial charge in [-0.25, -0.2) is 4.98 Å². The second-order valence-corrected chi connectivity index (χ2v) is 6.85. The molecule has 0 aliphatic heterocycles. The summed E-state index contributed by atoms with van der Waals surface area (Å²) in [6.07, 6.45) is 6.06. The van der Waals surface area contributed by atoms with Crippen LogP contribution in [0.4, 0.5) is 5.69 Å². The minimum absolute atomic E-state index is 0.0178. The van der Waals surface area contributed by atoms with Crippen molar-refractivity contribution in [3.05, 3.63) is 33.8 Å². The normalized spacial score (nSPS) is 17.7. The van der Waals surface area contributed by atoms with E-state index < -0.39 is 4.92 Å². The molecule has 2 aromatic rings. The highest BCUT2D eigenvalue weighted by atomic mass is 32.2. The number of aromatic nitrogens is 4. The highest BCUT2D eigenvalue weighted by Gasteiger charge is 2.36. The third kappa shape index (κ3) is 2.47. The zero-order valence-electron chi connectivity index (χ0n) is 12.1. The molecule has 4 rings (SSSR count). The fourth-order valence-corrected chi connectivity index (χ4v) is 3.42. The maximum atomic E-state index is 10.8. The summed E-state index contributed by atoms with van der Waals surface area (Å²) >= 11 is 1.45. The molecule has 0 radical (unpaired) electrons. The number of pyridine rings is 1. The van der Waals surface area contributed by atoms with E-state index in [9.17, 15) is 10.1 Å². The Hall–Kier alpha value is -1.96. The lowest BCUT2D eigenvalue weighted by atomic mass is 10.3. The van der Waals surface area contributed by atoms with Crippen molar-refractivity contribution in [2.75, 3.05) is 0 Å². The van der Waals surface area contributed by atoms with Gasteiger partial charge in [0.1, 0.15) is 17.0 Å². The summed E-state index contributed by atoms with van der Waals surface area (Å²) in [6, 6.07) is 2.07. The monoisotopic (exact) mass is 317 g/mol. The van der Waals surface area contributed by atoms with Gasteiger partial charge in [0.25, 0.3) is 5.69 Å². The summed E-state index contributed by atoms with van der Waals surface area (Å²) in [4.78, 5) is 14.6. The van der Waals surface area contributed by atoms with Gasteiger partial charge in [-0.2, -0.15) is 0 Å². The van der Waals surface area contributed by atoms with Crippen LogP contribution in [0, 0.1) is 17.0 Å². The van der Waals surface area contributed by atoms with Gasteiger partial charge in [-0.3, -0.25) is 10.1 Å². The molecule has 2 saturated carbocycles. The Bertz CT molecular complexity index is 752. The van der Waals surface area contributed by atoms with Crippen molar-refractivity contribution in [1.29, 1.82) is 0 Å². The lowest BCUT2D eigenvalue weighted by molar-refractivity contribution is -0.385. The van der Waals surface area contributed by atoms with E-state index in [0.717, 1.165) is 21.6 Å². The Morgan fingerprint density at radius 2 is 2.09 bits per heavy atom. The van der Waals surface area contributed by atoms with E-state index in [1.54, 1.807) is 6.07 Å². The molecule has 2 aliphatic rings. The van der Waals surface area contributed by atoms with Crippen molar-refractivity contribution in [2.45, 2.75) is 54.7 Å². The van der Waals surface area contributed by atoms with Crippen LogP contribution >= 0.6 is 11.8 Å². The first kappa shape index (κ1) is 13.7. The number of hydrogen-bond donors (Lipinski definition) is 0. The summed E-state index contributed by atoms with van der Waals surface area (Å²) in [6.45, 7) is 1.84. The zero-order chi connectivity index (χ0) is 15.3. The maximum absolute atomic E-state index is 10.8. The summed E-state index contributed by atoms with van der Waals surface area (Å²) in [5.74, 6) is 1.66. The predicted octanol–water partition coefficient (Wildman–Crippen LogP) is 3.25. The SMILES string of the molecule is Cc1cc([N+](=O)[O-])cnc1Sc1nnc(C2CC2)n1C1CC1. The second kappa shape index (κ2) is 5.05. The van der Waals surface area contributed by atoms with Crippen LogP contribution in [0.3, 0.4) is 0 Å². The number of nitrogens with zero attached hydrogens (tertiary/aromatic N) is 5. The van der Waals surface area contributed by atoms with Crippen molar-refractivity contribution in [3.8, 4) is 0 Å². The van der Waals surface area contributed by atoms with E-state index in [2.05, 4.69) is 19.7 Å². The molecule has 0 atom stereocenters. The smallest absolute Gasteiger partial charge is 0.287 e. The van der Waals surface area contributed by atoms with Crippen LogP contribution in [0.5, 0.6) is 0 Å². The molecule has 2 heterocycles. The number of hydrogen-bond acceptors (Lipinski definition) is 6. The third-order valence-corrected chi connectivity index (χ3v) is 5.04. The van der Waals surface area contributed by atoms with Crippen LogP contribution < -0.4 is 0 Å². The Morgan fingerprint density at radius 3 is 2.68 bits per heavy atom. The number of rotatable bonds is 5. The van der Waals surface area contributed by atoms with Crippen molar-refractivity contribution in [2.24, 2.45) is 0 Å². The molecule has 7 nitrogen and oxygen atoms in total. The first-order chi connectivity index (χ1) is 10.6. The first-order valence-corrected chi connectivity index (χ1v) is 8.19. The van der Waals surface area contributed by atoms with E-state index in [1.807, 2.05) is 6.92 Å². The molecule has 0 N–H and O–H groups in total. The van der Waals surface area contributed by atoms with Gasteiger partial charge < -0.3 is 4.57 Å². The Kier molecular flexibility index (Phi) is 3.14. The van der Waals surface area contributed by atoms with Gasteiger partial charge in [-0.15, -0.1) is 10.2 Å². The molecule has 0 spiro atoms. The van der Waals surface area contributed by atoms with Crippen molar-refractivity contribution >= 4 is 17.4 Å². The summed E-state index contributed by atoms with van der Waals surface area (Å²) < 4.78 is 2.25. The van der Waals surface area contributed by atoms with Crippen molar-refractivity contribution in [3.63, 3.8) is 0 Å². The Morgan fingerprint density at radius 1 is 1.32 bits per heavy atom. The second-order valence-electron chi connectivity index (χ2n) is 5.89. The maximum Gasteiger partial charge on any atom is 0.287 e. The molecule has 0 saturated heterocycles. The van der Waals surface area contributed by atoms with E-state index in [-0.39, 0.29) is 5.69 Å². The summed E-state index contributed by atoms with van der Waals surface area (Å²) in [5.41, 5.74) is 0.807. The average Bonchev–Trinajstić information content (AvgIpc) is 3.40. The molecule has 2 aromatic heterocycles. The molecule has 0 unspecified atom stereocenters. The standard InChI is InChI=1S/C14H15N5O2S/c1-8-6-11(19(20)21)7-15-13(8)22-14-17-16-12(9-2-3-9)18(14)10-4-5-10/h6-7,9-10H,2-5H2,1H3. The molecule has 114 valence electrons. The Labute approximate surface area is 131 Å². The molecular weight excluding hydrogens is 302 g/mol. The zero-order valence-corrected chi connectivity index (χ0v) is 12.9. The Balaban J connectivity index is 1.65. The summed E-state index contributed by atoms with van der Waals surface area (Å²) in [7, 11) is 0. The van der Waals surface area contributed by atoms with Gasteiger partial charge >= 0.3 is 0 Å². The highest BCUT2D eigenvalue weighted by Crippen LogP contribution is 2.46. The molecule has 0 bridgehead atoms. The van der Waals surface area contributed by atoms with Crippen LogP contribution in [0.15, 0.2) is 22.4 Å². The average molecular weight is 317 g/mol. The topological polar surface area (TPSA) is 86.7 Å². The van der Waals surface area contributed by atoms with E-state index in [0.29, 0.717) is 12.0 Å². The predicted molar refractivity (Wildman–Crippen MR) is 80.0 cm³/mol. The van der Waals surface area contributed by atoms with Gasteiger partial charge in [0, 0.05) is 18.0 Å². The van der Waals surface area contributed by atoms with Crippen LogP contribution in [0.1, 0.15) is 49.0 Å². The third-order valence-electron chi connectivity index (χ3n) is 3.96. The highest BCUT2D eigenvalue weighted by molar-refractivity contribution is 7.99. The fourth-order valence-electron chi connectivity index (χ4n) is 2.49. The number of aryl methyl sites for hydroxylation is 1. The minimum Gasteiger partial charge on any atom is -0.302 e. The quantitative estimate of drug-likeness (QED) is 0.621. The van der Waals surface area contributed by atoms with Gasteiger partial charge in [-0.1, -0.05) is 0 Å². The minimum atomic E-state index is -0.424. The van der Waals surface area contributed by atoms with Crippen LogP contribution in [-0.4, -0.2) is 24.7 Å². The lowest BCUT2D eigenvalue weighted by Gasteiger charge is -2.08. The van der Waals surface area contributed by atoms with Crippen LogP contribution in [-0.2, 0) is 0 Å². The van der Waals surface area contributed by atoms with E-state index >= 15 is 0 Å². The number of nitro groups is 1. The van der Waals surface area contributed by atoms with Crippen molar-refractivity contribution < 1.29 is 4.92 Å². The molecule has 8 heteroatoms. The molecule has 0 amide bonds. The fraction of sp³-hybridized carbons (Fsp3) is 0.500. The molecule has 2 aliphatic carbocycles. The first-order valence-electron chi connectivity index (χ1n) is 7.37. The molecule has 0 aromatic carbocycles. The van der Waals surface area contributed by atoms with Gasteiger partial charge in [-0.05, 0) is 49.9 Å². The largest absolute Gasteiger partial charge is 0.302 e. The molecule has 2 fully saturated rings. The van der Waals surface area contributed by atoms with Crippen LogP contribution in [0.25, 0.3) is 0 Å². The summed E-state index contributed by atoms with van der Waals surface area (Å²) in [5, 5.41) is 21.1. The van der Waals surface area contributed by atoms with Gasteiger partial charge in [0.2, 0.25) is 0 Å². The molecular formula is C14H15N5O2S. The van der Waals surface area contributed by atoms with E-state index in [1.165, 1.54) is 43.6 Å². The van der Waals surface area contributed by atoms with E-state index in [4.69, 9.17) is 0 Å². The van der Waals surface area contributed by atoms with Crippen LogP contribution in [0.2, 0.25) is 0 Å². The van der Waals surface area contributed by atoms with Gasteiger partial charge in [0.15, 0.2) is 5.16 Å². The van der Waals surface area contributed by atoms with Gasteiger partial charge in [0.05, 0.1) is 4.92 Å². The molecule has 22 heavy (non-hydrogen) atoms.